The molecule has 0 aromatic heterocycles. The molecule has 0 saturated heterocycles. The number of esters is 1. The summed E-state index contributed by atoms with van der Waals surface area (Å²) in [5.41, 5.74) is 2.11. The number of hydrogen-bond acceptors (Lipinski definition) is 4. The summed E-state index contributed by atoms with van der Waals surface area (Å²) >= 11 is 0. The summed E-state index contributed by atoms with van der Waals surface area (Å²) in [6.45, 7) is 9.45. The average molecular weight is 375 g/mol. The van der Waals surface area contributed by atoms with Crippen LogP contribution in [0.5, 0.6) is 0 Å². The smallest absolute Gasteiger partial charge is 0.328 e. The van der Waals surface area contributed by atoms with Gasteiger partial charge in [-0.1, -0.05) is 32.9 Å². The number of hydrogen-bond donors (Lipinski definition) is 2. The molecule has 1 aromatic carbocycles. The quantitative estimate of drug-likeness (QED) is 0.746. The van der Waals surface area contributed by atoms with Gasteiger partial charge in [-0.2, -0.15) is 0 Å². The number of methoxy groups -OCH3 is 1. The third-order valence-electron chi connectivity index (χ3n) is 5.67. The Kier molecular flexibility index (Phi) is 7.42. The van der Waals surface area contributed by atoms with Crippen molar-refractivity contribution in [3.05, 3.63) is 35.4 Å². The normalized spacial score (nSPS) is 21.4. The zero-order valence-electron chi connectivity index (χ0n) is 17.3. The zero-order valence-corrected chi connectivity index (χ0v) is 17.3. The van der Waals surface area contributed by atoms with Gasteiger partial charge in [0.05, 0.1) is 7.11 Å². The number of benzene rings is 1. The second-order valence-electron chi connectivity index (χ2n) is 8.71. The van der Waals surface area contributed by atoms with E-state index in [1.807, 2.05) is 12.1 Å². The van der Waals surface area contributed by atoms with Crippen LogP contribution in [0.1, 0.15) is 69.3 Å². The molecule has 150 valence electrons. The fourth-order valence-electron chi connectivity index (χ4n) is 3.72. The van der Waals surface area contributed by atoms with Gasteiger partial charge in [-0.3, -0.25) is 4.79 Å². The van der Waals surface area contributed by atoms with Crippen molar-refractivity contribution < 1.29 is 14.3 Å². The van der Waals surface area contributed by atoms with E-state index < -0.39 is 12.0 Å². The lowest BCUT2D eigenvalue weighted by Gasteiger charge is -2.37. The van der Waals surface area contributed by atoms with Crippen LogP contribution in [-0.4, -0.2) is 31.1 Å². The summed E-state index contributed by atoms with van der Waals surface area (Å²) in [4.78, 5) is 23.6. The predicted molar refractivity (Wildman–Crippen MR) is 107 cm³/mol. The van der Waals surface area contributed by atoms with Gasteiger partial charge < -0.3 is 15.4 Å². The van der Waals surface area contributed by atoms with E-state index in [4.69, 9.17) is 0 Å². The number of carbonyl (C=O) groups excluding carboxylic acids is 2. The molecule has 1 aromatic rings. The van der Waals surface area contributed by atoms with E-state index in [0.29, 0.717) is 17.0 Å². The maximum absolute atomic E-state index is 12.2. The molecule has 0 spiro atoms. The Morgan fingerprint density at radius 1 is 1.11 bits per heavy atom. The third-order valence-corrected chi connectivity index (χ3v) is 5.67. The number of ether oxygens (including phenoxy) is 1. The molecule has 2 N–H and O–H groups in total. The topological polar surface area (TPSA) is 67.4 Å². The fourth-order valence-corrected chi connectivity index (χ4v) is 3.72. The molecule has 0 heterocycles. The van der Waals surface area contributed by atoms with Crippen LogP contribution in [0, 0.1) is 11.3 Å². The van der Waals surface area contributed by atoms with Crippen LogP contribution >= 0.6 is 0 Å². The van der Waals surface area contributed by atoms with Crippen molar-refractivity contribution in [1.82, 2.24) is 10.6 Å². The van der Waals surface area contributed by atoms with Crippen molar-refractivity contribution in [1.29, 1.82) is 0 Å². The molecule has 1 fully saturated rings. The minimum absolute atomic E-state index is 0.270. The predicted octanol–water partition coefficient (Wildman–Crippen LogP) is 3.67. The zero-order chi connectivity index (χ0) is 20.0. The van der Waals surface area contributed by atoms with Crippen molar-refractivity contribution in [3.63, 3.8) is 0 Å². The van der Waals surface area contributed by atoms with E-state index in [0.717, 1.165) is 18.0 Å². The summed E-state index contributed by atoms with van der Waals surface area (Å²) < 4.78 is 4.62. The lowest BCUT2D eigenvalue weighted by atomic mass is 9.71. The second-order valence-corrected chi connectivity index (χ2v) is 8.71. The van der Waals surface area contributed by atoms with Crippen LogP contribution in [-0.2, 0) is 16.1 Å². The summed E-state index contributed by atoms with van der Waals surface area (Å²) in [7, 11) is 1.31. The number of nitrogens with one attached hydrogen (secondary N) is 2. The van der Waals surface area contributed by atoms with Gasteiger partial charge in [0.15, 0.2) is 0 Å². The van der Waals surface area contributed by atoms with Crippen LogP contribution in [0.2, 0.25) is 0 Å². The Balaban J connectivity index is 1.79. The molecule has 0 bridgehead atoms. The molecule has 0 radical (unpaired) electrons. The van der Waals surface area contributed by atoms with Gasteiger partial charge in [-0.15, -0.1) is 0 Å². The fraction of sp³-hybridized carbons (Fsp3) is 0.636. The first kappa shape index (κ1) is 21.4. The van der Waals surface area contributed by atoms with Crippen molar-refractivity contribution in [3.8, 4) is 0 Å². The molecule has 1 aliphatic rings. The van der Waals surface area contributed by atoms with Crippen LogP contribution < -0.4 is 10.6 Å². The summed E-state index contributed by atoms with van der Waals surface area (Å²) in [5, 5.41) is 6.29. The Labute approximate surface area is 163 Å². The maximum Gasteiger partial charge on any atom is 0.328 e. The van der Waals surface area contributed by atoms with Gasteiger partial charge in [0, 0.05) is 18.2 Å². The van der Waals surface area contributed by atoms with Gasteiger partial charge in [0.1, 0.15) is 6.04 Å². The van der Waals surface area contributed by atoms with Gasteiger partial charge in [-0.05, 0) is 61.6 Å². The van der Waals surface area contributed by atoms with Crippen molar-refractivity contribution in [2.45, 2.75) is 72.0 Å². The average Bonchev–Trinajstić information content (AvgIpc) is 2.65. The number of amides is 1. The van der Waals surface area contributed by atoms with Crippen molar-refractivity contribution in [2.24, 2.45) is 11.3 Å². The van der Waals surface area contributed by atoms with Crippen LogP contribution in [0.3, 0.4) is 0 Å². The first-order valence-corrected chi connectivity index (χ1v) is 9.91. The van der Waals surface area contributed by atoms with Crippen molar-refractivity contribution in [2.75, 3.05) is 7.11 Å². The van der Waals surface area contributed by atoms with Crippen LogP contribution in [0.15, 0.2) is 24.3 Å². The highest BCUT2D eigenvalue weighted by molar-refractivity contribution is 5.96. The molecule has 1 atom stereocenters. The first-order valence-electron chi connectivity index (χ1n) is 9.91. The minimum Gasteiger partial charge on any atom is -0.467 e. The summed E-state index contributed by atoms with van der Waals surface area (Å²) in [6.07, 6.45) is 5.04. The molecule has 0 aliphatic heterocycles. The standard InChI is InChI=1S/C22H34N2O3/c1-15(21(26)27-5)24-20(25)17-8-6-16(7-9-17)14-23-19-12-10-18(11-13-19)22(2,3)4/h6-9,15,18-19,23H,10-14H2,1-5H3,(H,24,25). The van der Waals surface area contributed by atoms with Gasteiger partial charge in [0.25, 0.3) is 5.91 Å². The number of rotatable bonds is 6. The first-order chi connectivity index (χ1) is 12.7. The van der Waals surface area contributed by atoms with Gasteiger partial charge in [-0.25, -0.2) is 4.79 Å². The SMILES string of the molecule is COC(=O)C(C)NC(=O)c1ccc(CNC2CCC(C(C)(C)C)CC2)cc1. The molecule has 2 rings (SSSR count). The lowest BCUT2D eigenvalue weighted by molar-refractivity contribution is -0.142. The van der Waals surface area contributed by atoms with E-state index in [-0.39, 0.29) is 5.91 Å². The molecule has 1 saturated carbocycles. The van der Waals surface area contributed by atoms with Crippen LogP contribution in [0.25, 0.3) is 0 Å². The highest BCUT2D eigenvalue weighted by Gasteiger charge is 2.29. The largest absolute Gasteiger partial charge is 0.467 e. The molecule has 5 nitrogen and oxygen atoms in total. The number of carbonyl (C=O) groups is 2. The maximum atomic E-state index is 12.2. The third kappa shape index (κ3) is 6.35. The van der Waals surface area contributed by atoms with E-state index in [2.05, 4.69) is 36.1 Å². The summed E-state index contributed by atoms with van der Waals surface area (Å²) in [6, 6.07) is 7.44. The van der Waals surface area contributed by atoms with Gasteiger partial charge in [0.2, 0.25) is 0 Å². The Bertz CT molecular complexity index is 626. The van der Waals surface area contributed by atoms with E-state index in [1.165, 1.54) is 32.8 Å². The van der Waals surface area contributed by atoms with Crippen molar-refractivity contribution >= 4 is 11.9 Å². The highest BCUT2D eigenvalue weighted by atomic mass is 16.5. The molecule has 27 heavy (non-hydrogen) atoms. The minimum atomic E-state index is -0.660. The Hall–Kier alpha value is -1.88. The van der Waals surface area contributed by atoms with Gasteiger partial charge >= 0.3 is 5.97 Å². The molecule has 1 amide bonds. The highest BCUT2D eigenvalue weighted by Crippen LogP contribution is 2.37. The molecule has 5 heteroatoms. The molecular formula is C22H34N2O3. The van der Waals surface area contributed by atoms with Crippen LogP contribution in [0.4, 0.5) is 0 Å². The Morgan fingerprint density at radius 3 is 2.22 bits per heavy atom. The summed E-state index contributed by atoms with van der Waals surface area (Å²) in [5.74, 6) is 0.0963. The van der Waals surface area contributed by atoms with E-state index >= 15 is 0 Å². The molecular weight excluding hydrogens is 340 g/mol. The Morgan fingerprint density at radius 2 is 1.70 bits per heavy atom. The van der Waals surface area contributed by atoms with E-state index in [1.54, 1.807) is 19.1 Å². The second kappa shape index (κ2) is 9.36. The lowest BCUT2D eigenvalue weighted by Crippen LogP contribution is -2.39. The van der Waals surface area contributed by atoms with E-state index in [9.17, 15) is 9.59 Å². The molecule has 1 unspecified atom stereocenters. The molecule has 1 aliphatic carbocycles. The monoisotopic (exact) mass is 374 g/mol.